The van der Waals surface area contributed by atoms with Crippen molar-refractivity contribution in [3.63, 3.8) is 0 Å². The summed E-state index contributed by atoms with van der Waals surface area (Å²) in [7, 11) is 0. The van der Waals surface area contributed by atoms with E-state index in [1.54, 1.807) is 30.3 Å². The number of nitro benzene ring substituents is 1. The fraction of sp³-hybridized carbons (Fsp3) is 0.0769. The highest BCUT2D eigenvalue weighted by molar-refractivity contribution is 5.57. The van der Waals surface area contributed by atoms with Crippen molar-refractivity contribution in [2.24, 2.45) is 10.2 Å². The largest absolute Gasteiger partial charge is 0.506 e. The minimum absolute atomic E-state index is 0.0117. The highest BCUT2D eigenvalue weighted by Gasteiger charge is 2.11. The average molecular weight is 257 g/mol. The fourth-order valence-electron chi connectivity index (χ4n) is 1.53. The Morgan fingerprint density at radius 3 is 2.47 bits per heavy atom. The molecular formula is C13H11N3O3. The first-order valence-electron chi connectivity index (χ1n) is 5.52. The van der Waals surface area contributed by atoms with Crippen LogP contribution < -0.4 is 0 Å². The van der Waals surface area contributed by atoms with E-state index in [4.69, 9.17) is 0 Å². The maximum atomic E-state index is 10.8. The zero-order valence-electron chi connectivity index (χ0n) is 10.1. The predicted molar refractivity (Wildman–Crippen MR) is 70.1 cm³/mol. The van der Waals surface area contributed by atoms with Crippen molar-refractivity contribution in [3.8, 4) is 5.75 Å². The molecule has 0 unspecified atom stereocenters. The second-order valence-corrected chi connectivity index (χ2v) is 3.94. The lowest BCUT2D eigenvalue weighted by Gasteiger charge is -1.99. The van der Waals surface area contributed by atoms with Crippen LogP contribution in [0.2, 0.25) is 0 Å². The Morgan fingerprint density at radius 2 is 1.79 bits per heavy atom. The standard InChI is InChI=1S/C13H11N3O3/c1-9-6-7-11(13(17)8-9)15-14-10-4-2-3-5-12(10)16(18)19/h2-8,17H,1H3. The van der Waals surface area contributed by atoms with Gasteiger partial charge in [-0.05, 0) is 30.7 Å². The fourth-order valence-corrected chi connectivity index (χ4v) is 1.53. The molecule has 0 amide bonds. The number of phenols is 1. The van der Waals surface area contributed by atoms with Gasteiger partial charge < -0.3 is 5.11 Å². The van der Waals surface area contributed by atoms with Gasteiger partial charge in [-0.2, -0.15) is 0 Å². The summed E-state index contributed by atoms with van der Waals surface area (Å²) in [5, 5.41) is 28.1. The van der Waals surface area contributed by atoms with Crippen LogP contribution in [0.5, 0.6) is 5.75 Å². The lowest BCUT2D eigenvalue weighted by molar-refractivity contribution is -0.384. The molecule has 6 nitrogen and oxygen atoms in total. The zero-order chi connectivity index (χ0) is 13.8. The second-order valence-electron chi connectivity index (χ2n) is 3.94. The molecule has 0 atom stereocenters. The number of hydrogen-bond acceptors (Lipinski definition) is 5. The van der Waals surface area contributed by atoms with Gasteiger partial charge in [-0.15, -0.1) is 10.2 Å². The summed E-state index contributed by atoms with van der Waals surface area (Å²) in [6, 6.07) is 11.0. The van der Waals surface area contributed by atoms with Crippen LogP contribution in [0.1, 0.15) is 5.56 Å². The molecule has 96 valence electrons. The number of phenolic OH excluding ortho intramolecular Hbond substituents is 1. The molecule has 1 N–H and O–H groups in total. The van der Waals surface area contributed by atoms with E-state index >= 15 is 0 Å². The first-order chi connectivity index (χ1) is 9.08. The van der Waals surface area contributed by atoms with Gasteiger partial charge in [0, 0.05) is 6.07 Å². The third-order valence-corrected chi connectivity index (χ3v) is 2.47. The van der Waals surface area contributed by atoms with E-state index in [1.165, 1.54) is 12.1 Å². The molecule has 0 radical (unpaired) electrons. The number of aromatic hydroxyl groups is 1. The Bertz CT molecular complexity index is 653. The molecule has 6 heteroatoms. The van der Waals surface area contributed by atoms with E-state index in [0.717, 1.165) is 5.56 Å². The Hall–Kier alpha value is -2.76. The molecule has 2 aromatic carbocycles. The van der Waals surface area contributed by atoms with Crippen LogP contribution in [0, 0.1) is 17.0 Å². The SMILES string of the molecule is Cc1ccc(N=Nc2ccccc2[N+](=O)[O-])c(O)c1. The third-order valence-electron chi connectivity index (χ3n) is 2.47. The van der Waals surface area contributed by atoms with Crippen LogP contribution in [0.4, 0.5) is 17.1 Å². The lowest BCUT2D eigenvalue weighted by atomic mass is 10.2. The highest BCUT2D eigenvalue weighted by Crippen LogP contribution is 2.31. The number of hydrogen-bond donors (Lipinski definition) is 1. The van der Waals surface area contributed by atoms with E-state index in [2.05, 4.69) is 10.2 Å². The summed E-state index contributed by atoms with van der Waals surface area (Å²) in [5.41, 5.74) is 1.18. The molecule has 0 saturated carbocycles. The van der Waals surface area contributed by atoms with Crippen LogP contribution in [-0.4, -0.2) is 10.0 Å². The van der Waals surface area contributed by atoms with Gasteiger partial charge in [0.05, 0.1) is 4.92 Å². The van der Waals surface area contributed by atoms with Gasteiger partial charge >= 0.3 is 0 Å². The highest BCUT2D eigenvalue weighted by atomic mass is 16.6. The number of aryl methyl sites for hydroxylation is 1. The molecule has 19 heavy (non-hydrogen) atoms. The van der Waals surface area contributed by atoms with Gasteiger partial charge in [-0.25, -0.2) is 0 Å². The molecule has 0 saturated heterocycles. The average Bonchev–Trinajstić information content (AvgIpc) is 2.38. The van der Waals surface area contributed by atoms with Gasteiger partial charge in [0.2, 0.25) is 0 Å². The van der Waals surface area contributed by atoms with Gasteiger partial charge in [0.1, 0.15) is 11.4 Å². The van der Waals surface area contributed by atoms with Crippen molar-refractivity contribution in [1.29, 1.82) is 0 Å². The zero-order valence-corrected chi connectivity index (χ0v) is 10.1. The van der Waals surface area contributed by atoms with Crippen molar-refractivity contribution in [2.45, 2.75) is 6.92 Å². The minimum atomic E-state index is -0.524. The van der Waals surface area contributed by atoms with E-state index in [0.29, 0.717) is 0 Å². The van der Waals surface area contributed by atoms with Gasteiger partial charge in [-0.3, -0.25) is 10.1 Å². The number of nitro groups is 1. The summed E-state index contributed by atoms with van der Waals surface area (Å²) in [6.45, 7) is 1.84. The minimum Gasteiger partial charge on any atom is -0.506 e. The summed E-state index contributed by atoms with van der Waals surface area (Å²) >= 11 is 0. The number of benzene rings is 2. The molecular weight excluding hydrogens is 246 g/mol. The molecule has 0 heterocycles. The molecule has 2 rings (SSSR count). The van der Waals surface area contributed by atoms with Gasteiger partial charge in [0.25, 0.3) is 5.69 Å². The quantitative estimate of drug-likeness (QED) is 0.511. The summed E-state index contributed by atoms with van der Waals surface area (Å²) in [4.78, 5) is 10.3. The predicted octanol–water partition coefficient (Wildman–Crippen LogP) is 4.02. The van der Waals surface area contributed by atoms with Crippen molar-refractivity contribution in [2.75, 3.05) is 0 Å². The molecule has 0 aliphatic heterocycles. The molecule has 0 bridgehead atoms. The van der Waals surface area contributed by atoms with Crippen LogP contribution in [-0.2, 0) is 0 Å². The Kier molecular flexibility index (Phi) is 3.51. The Balaban J connectivity index is 2.35. The Morgan fingerprint density at radius 1 is 1.11 bits per heavy atom. The second kappa shape index (κ2) is 5.26. The van der Waals surface area contributed by atoms with E-state index in [-0.39, 0.29) is 22.8 Å². The van der Waals surface area contributed by atoms with Gasteiger partial charge in [-0.1, -0.05) is 18.2 Å². The molecule has 0 spiro atoms. The Labute approximate surface area is 109 Å². The van der Waals surface area contributed by atoms with E-state index < -0.39 is 4.92 Å². The van der Waals surface area contributed by atoms with Crippen molar-refractivity contribution >= 4 is 17.1 Å². The smallest absolute Gasteiger partial charge is 0.296 e. The third kappa shape index (κ3) is 2.92. The van der Waals surface area contributed by atoms with Crippen molar-refractivity contribution in [3.05, 3.63) is 58.1 Å². The monoisotopic (exact) mass is 257 g/mol. The van der Waals surface area contributed by atoms with Crippen LogP contribution in [0.25, 0.3) is 0 Å². The van der Waals surface area contributed by atoms with E-state index in [9.17, 15) is 15.2 Å². The summed E-state index contributed by atoms with van der Waals surface area (Å²) < 4.78 is 0. The molecule has 2 aromatic rings. The van der Waals surface area contributed by atoms with Gasteiger partial charge in [0.15, 0.2) is 5.69 Å². The normalized spacial score (nSPS) is 10.8. The topological polar surface area (TPSA) is 88.1 Å². The maximum absolute atomic E-state index is 10.8. The number of azo groups is 1. The maximum Gasteiger partial charge on any atom is 0.296 e. The van der Waals surface area contributed by atoms with E-state index in [1.807, 2.05) is 6.92 Å². The molecule has 0 aliphatic rings. The molecule has 0 aromatic heterocycles. The molecule has 0 fully saturated rings. The molecule has 0 aliphatic carbocycles. The lowest BCUT2D eigenvalue weighted by Crippen LogP contribution is -1.87. The van der Waals surface area contributed by atoms with Crippen molar-refractivity contribution < 1.29 is 10.0 Å². The summed E-state index contributed by atoms with van der Waals surface area (Å²) in [5.74, 6) is -0.0117. The first kappa shape index (κ1) is 12.7. The van der Waals surface area contributed by atoms with Crippen molar-refractivity contribution in [1.82, 2.24) is 0 Å². The number of para-hydroxylation sites is 1. The van der Waals surface area contributed by atoms with Crippen LogP contribution >= 0.6 is 0 Å². The first-order valence-corrected chi connectivity index (χ1v) is 5.52. The number of nitrogens with zero attached hydrogens (tertiary/aromatic N) is 3. The summed E-state index contributed by atoms with van der Waals surface area (Å²) in [6.07, 6.45) is 0. The number of rotatable bonds is 3. The van der Waals surface area contributed by atoms with Crippen LogP contribution in [0.15, 0.2) is 52.7 Å². The van der Waals surface area contributed by atoms with Crippen LogP contribution in [0.3, 0.4) is 0 Å².